The van der Waals surface area contributed by atoms with Crippen LogP contribution < -0.4 is 4.90 Å². The lowest BCUT2D eigenvalue weighted by Crippen LogP contribution is -2.48. The van der Waals surface area contributed by atoms with Crippen molar-refractivity contribution in [2.24, 2.45) is 0 Å². The molecule has 1 heterocycles. The maximum Gasteiger partial charge on any atom is 0.243 e. The van der Waals surface area contributed by atoms with Gasteiger partial charge in [0.25, 0.3) is 0 Å². The molecule has 0 aliphatic carbocycles. The summed E-state index contributed by atoms with van der Waals surface area (Å²) in [5.41, 5.74) is 1.03. The van der Waals surface area contributed by atoms with Crippen LogP contribution in [0.15, 0.2) is 53.4 Å². The van der Waals surface area contributed by atoms with Crippen LogP contribution in [0.3, 0.4) is 0 Å². The first-order valence-electron chi connectivity index (χ1n) is 7.23. The summed E-state index contributed by atoms with van der Waals surface area (Å²) in [6.45, 7) is 2.26. The van der Waals surface area contributed by atoms with Gasteiger partial charge in [-0.3, -0.25) is 0 Å². The summed E-state index contributed by atoms with van der Waals surface area (Å²) in [7, 11) is -3.42. The lowest BCUT2D eigenvalue weighted by molar-refractivity contribution is 0.385. The molecular formula is C16H16ClIN2O2S. The van der Waals surface area contributed by atoms with Gasteiger partial charge in [-0.05, 0) is 65.1 Å². The second kappa shape index (κ2) is 6.96. The quantitative estimate of drug-likeness (QED) is 0.656. The van der Waals surface area contributed by atoms with Crippen molar-refractivity contribution in [1.29, 1.82) is 0 Å². The van der Waals surface area contributed by atoms with Crippen LogP contribution in [0.2, 0.25) is 5.02 Å². The van der Waals surface area contributed by atoms with Gasteiger partial charge in [-0.2, -0.15) is 4.31 Å². The van der Waals surface area contributed by atoms with Gasteiger partial charge in [-0.15, -0.1) is 0 Å². The molecule has 0 amide bonds. The summed E-state index contributed by atoms with van der Waals surface area (Å²) >= 11 is 8.19. The maximum absolute atomic E-state index is 12.7. The SMILES string of the molecule is O=S(=O)(c1ccc(I)cc1)N1CCN(c2cccc(Cl)c2)CC1. The highest BCUT2D eigenvalue weighted by atomic mass is 127. The number of benzene rings is 2. The molecule has 0 radical (unpaired) electrons. The zero-order chi connectivity index (χ0) is 16.4. The average Bonchev–Trinajstić information content (AvgIpc) is 2.55. The fourth-order valence-electron chi connectivity index (χ4n) is 2.62. The third-order valence-corrected chi connectivity index (χ3v) is 6.73. The van der Waals surface area contributed by atoms with E-state index in [1.165, 1.54) is 0 Å². The molecule has 3 rings (SSSR count). The molecule has 1 aliphatic heterocycles. The topological polar surface area (TPSA) is 40.6 Å². The second-order valence-electron chi connectivity index (χ2n) is 5.32. The van der Waals surface area contributed by atoms with Crippen LogP contribution in [0, 0.1) is 3.57 Å². The Balaban J connectivity index is 1.72. The number of halogens is 2. The Labute approximate surface area is 155 Å². The number of nitrogens with zero attached hydrogens (tertiary/aromatic N) is 2. The van der Waals surface area contributed by atoms with Crippen molar-refractivity contribution in [1.82, 2.24) is 4.31 Å². The van der Waals surface area contributed by atoms with Gasteiger partial charge in [-0.25, -0.2) is 8.42 Å². The first-order valence-corrected chi connectivity index (χ1v) is 10.1. The second-order valence-corrected chi connectivity index (χ2v) is 8.94. The molecule has 122 valence electrons. The smallest absolute Gasteiger partial charge is 0.243 e. The predicted octanol–water partition coefficient (Wildman–Crippen LogP) is 3.46. The van der Waals surface area contributed by atoms with Crippen LogP contribution in [-0.4, -0.2) is 38.9 Å². The van der Waals surface area contributed by atoms with Crippen molar-refractivity contribution >= 4 is 49.9 Å². The summed E-state index contributed by atoms with van der Waals surface area (Å²) in [5.74, 6) is 0. The van der Waals surface area contributed by atoms with E-state index >= 15 is 0 Å². The summed E-state index contributed by atoms with van der Waals surface area (Å²) in [5, 5.41) is 0.691. The fourth-order valence-corrected chi connectivity index (χ4v) is 4.58. The third kappa shape index (κ3) is 3.81. The van der Waals surface area contributed by atoms with E-state index in [0.29, 0.717) is 36.1 Å². The molecular weight excluding hydrogens is 447 g/mol. The van der Waals surface area contributed by atoms with Crippen LogP contribution in [0.25, 0.3) is 0 Å². The molecule has 0 unspecified atom stereocenters. The van der Waals surface area contributed by atoms with Gasteiger partial charge >= 0.3 is 0 Å². The fraction of sp³-hybridized carbons (Fsp3) is 0.250. The van der Waals surface area contributed by atoms with Gasteiger partial charge in [0.05, 0.1) is 4.90 Å². The van der Waals surface area contributed by atoms with Crippen LogP contribution in [0.4, 0.5) is 5.69 Å². The molecule has 7 heteroatoms. The van der Waals surface area contributed by atoms with E-state index in [0.717, 1.165) is 9.26 Å². The monoisotopic (exact) mass is 462 g/mol. The zero-order valence-corrected chi connectivity index (χ0v) is 16.1. The molecule has 0 aromatic heterocycles. The van der Waals surface area contributed by atoms with Crippen molar-refractivity contribution in [3.63, 3.8) is 0 Å². The highest BCUT2D eigenvalue weighted by Crippen LogP contribution is 2.23. The van der Waals surface area contributed by atoms with Crippen molar-refractivity contribution in [3.05, 3.63) is 57.1 Å². The number of hydrogen-bond acceptors (Lipinski definition) is 3. The van der Waals surface area contributed by atoms with Gasteiger partial charge in [0.1, 0.15) is 0 Å². The number of sulfonamides is 1. The van der Waals surface area contributed by atoms with Crippen molar-refractivity contribution in [3.8, 4) is 0 Å². The summed E-state index contributed by atoms with van der Waals surface area (Å²) in [6.07, 6.45) is 0. The number of hydrogen-bond donors (Lipinski definition) is 0. The van der Waals surface area contributed by atoms with Gasteiger partial charge in [-0.1, -0.05) is 17.7 Å². The molecule has 1 aliphatic rings. The molecule has 0 atom stereocenters. The Morgan fingerprint density at radius 2 is 1.61 bits per heavy atom. The molecule has 0 spiro atoms. The van der Waals surface area contributed by atoms with E-state index in [-0.39, 0.29) is 0 Å². The molecule has 0 bridgehead atoms. The molecule has 2 aromatic carbocycles. The number of rotatable bonds is 3. The summed E-state index contributed by atoms with van der Waals surface area (Å²) in [6, 6.07) is 14.6. The zero-order valence-electron chi connectivity index (χ0n) is 12.3. The minimum Gasteiger partial charge on any atom is -0.369 e. The first-order chi connectivity index (χ1) is 11.0. The van der Waals surface area contributed by atoms with E-state index in [2.05, 4.69) is 27.5 Å². The van der Waals surface area contributed by atoms with E-state index < -0.39 is 10.0 Å². The molecule has 23 heavy (non-hydrogen) atoms. The molecule has 0 N–H and O–H groups in total. The molecule has 0 saturated carbocycles. The average molecular weight is 463 g/mol. The Morgan fingerprint density at radius 3 is 2.22 bits per heavy atom. The summed E-state index contributed by atoms with van der Waals surface area (Å²) < 4.78 is 27.9. The van der Waals surface area contributed by atoms with Gasteiger partial charge in [0.15, 0.2) is 0 Å². The van der Waals surface area contributed by atoms with Gasteiger partial charge < -0.3 is 4.90 Å². The van der Waals surface area contributed by atoms with Gasteiger partial charge in [0.2, 0.25) is 10.0 Å². The Kier molecular flexibility index (Phi) is 5.15. The van der Waals surface area contributed by atoms with Crippen LogP contribution in [0.1, 0.15) is 0 Å². The van der Waals surface area contributed by atoms with E-state index in [4.69, 9.17) is 11.6 Å². The lowest BCUT2D eigenvalue weighted by atomic mass is 10.2. The Bertz CT molecular complexity index is 788. The first kappa shape index (κ1) is 17.0. The highest BCUT2D eigenvalue weighted by molar-refractivity contribution is 14.1. The van der Waals surface area contributed by atoms with Crippen molar-refractivity contribution < 1.29 is 8.42 Å². The van der Waals surface area contributed by atoms with E-state index in [9.17, 15) is 8.42 Å². The summed E-state index contributed by atoms with van der Waals surface area (Å²) in [4.78, 5) is 2.51. The molecule has 1 fully saturated rings. The predicted molar refractivity (Wildman–Crippen MR) is 102 cm³/mol. The number of piperazine rings is 1. The molecule has 1 saturated heterocycles. The molecule has 2 aromatic rings. The molecule has 4 nitrogen and oxygen atoms in total. The van der Waals surface area contributed by atoms with E-state index in [1.807, 2.05) is 36.4 Å². The lowest BCUT2D eigenvalue weighted by Gasteiger charge is -2.35. The standard InChI is InChI=1S/C16H16ClIN2O2S/c17-13-2-1-3-15(12-13)19-8-10-20(11-9-19)23(21,22)16-6-4-14(18)5-7-16/h1-7,12H,8-11H2. The Hall–Kier alpha value is -0.830. The van der Waals surface area contributed by atoms with Gasteiger partial charge in [0, 0.05) is 40.5 Å². The van der Waals surface area contributed by atoms with Crippen LogP contribution in [-0.2, 0) is 10.0 Å². The van der Waals surface area contributed by atoms with Crippen molar-refractivity contribution in [2.45, 2.75) is 4.90 Å². The third-order valence-electron chi connectivity index (χ3n) is 3.86. The largest absolute Gasteiger partial charge is 0.369 e. The highest BCUT2D eigenvalue weighted by Gasteiger charge is 2.28. The maximum atomic E-state index is 12.7. The normalized spacial score (nSPS) is 16.5. The Morgan fingerprint density at radius 1 is 0.957 bits per heavy atom. The van der Waals surface area contributed by atoms with Crippen LogP contribution in [0.5, 0.6) is 0 Å². The van der Waals surface area contributed by atoms with Crippen molar-refractivity contribution in [2.75, 3.05) is 31.1 Å². The van der Waals surface area contributed by atoms with E-state index in [1.54, 1.807) is 16.4 Å². The minimum absolute atomic E-state index is 0.356. The van der Waals surface area contributed by atoms with Crippen LogP contribution >= 0.6 is 34.2 Å². The minimum atomic E-state index is -3.42. The number of anilines is 1.